The van der Waals surface area contributed by atoms with Crippen molar-refractivity contribution in [2.75, 3.05) is 6.26 Å². The quantitative estimate of drug-likeness (QED) is 0.834. The molecule has 0 saturated heterocycles. The zero-order chi connectivity index (χ0) is 12.4. The van der Waals surface area contributed by atoms with Gasteiger partial charge in [0.25, 0.3) is 0 Å². The molecule has 0 radical (unpaired) electrons. The van der Waals surface area contributed by atoms with Crippen LogP contribution in [0.2, 0.25) is 0 Å². The van der Waals surface area contributed by atoms with Crippen molar-refractivity contribution in [3.05, 3.63) is 50.1 Å². The van der Waals surface area contributed by atoms with E-state index in [-0.39, 0.29) is 6.04 Å². The Balaban J connectivity index is 2.30. The molecule has 0 aliphatic heterocycles. The molecule has 0 amide bonds. The first-order valence-electron chi connectivity index (χ1n) is 5.27. The van der Waals surface area contributed by atoms with Crippen LogP contribution < -0.4 is 5.73 Å². The molecule has 2 aromatic rings. The van der Waals surface area contributed by atoms with Gasteiger partial charge in [0.05, 0.1) is 6.04 Å². The van der Waals surface area contributed by atoms with E-state index in [1.807, 2.05) is 0 Å². The van der Waals surface area contributed by atoms with E-state index in [2.05, 4.69) is 59.4 Å². The van der Waals surface area contributed by atoms with Crippen LogP contribution in [0.1, 0.15) is 21.4 Å². The predicted molar refractivity (Wildman–Crippen MR) is 81.0 cm³/mol. The van der Waals surface area contributed by atoms with Crippen molar-refractivity contribution in [2.24, 2.45) is 5.73 Å². The number of nitrogens with two attached hydrogens (primary N) is 1. The van der Waals surface area contributed by atoms with Crippen LogP contribution in [-0.4, -0.2) is 6.26 Å². The third kappa shape index (κ3) is 2.94. The van der Waals surface area contributed by atoms with E-state index in [1.165, 1.54) is 14.6 Å². The Bertz CT molecular complexity index is 505. The highest BCUT2D eigenvalue weighted by molar-refractivity contribution is 9.10. The van der Waals surface area contributed by atoms with Crippen LogP contribution in [0.5, 0.6) is 0 Å². The summed E-state index contributed by atoms with van der Waals surface area (Å²) in [6, 6.07) is 10.5. The average Bonchev–Trinajstić information content (AvgIpc) is 2.68. The molecule has 4 heteroatoms. The van der Waals surface area contributed by atoms with Gasteiger partial charge in [0.2, 0.25) is 0 Å². The van der Waals surface area contributed by atoms with Gasteiger partial charge in [0, 0.05) is 19.1 Å². The van der Waals surface area contributed by atoms with Crippen molar-refractivity contribution in [2.45, 2.75) is 17.9 Å². The molecule has 0 aliphatic rings. The zero-order valence-electron chi connectivity index (χ0n) is 9.74. The van der Waals surface area contributed by atoms with Gasteiger partial charge >= 0.3 is 0 Å². The van der Waals surface area contributed by atoms with Gasteiger partial charge in [-0.1, -0.05) is 12.1 Å². The van der Waals surface area contributed by atoms with Crippen molar-refractivity contribution in [1.29, 1.82) is 0 Å². The summed E-state index contributed by atoms with van der Waals surface area (Å²) in [7, 11) is 0. The van der Waals surface area contributed by atoms with E-state index in [0.29, 0.717) is 0 Å². The largest absolute Gasteiger partial charge is 0.320 e. The van der Waals surface area contributed by atoms with E-state index in [9.17, 15) is 0 Å². The van der Waals surface area contributed by atoms with Crippen molar-refractivity contribution in [3.63, 3.8) is 0 Å². The third-order valence-corrected chi connectivity index (χ3v) is 5.39. The molecule has 0 bridgehead atoms. The van der Waals surface area contributed by atoms with Crippen LogP contribution >= 0.6 is 39.0 Å². The van der Waals surface area contributed by atoms with Gasteiger partial charge in [-0.15, -0.1) is 23.1 Å². The number of thiophene rings is 1. The second-order valence-corrected chi connectivity index (χ2v) is 6.84. The minimum Gasteiger partial charge on any atom is -0.320 e. The lowest BCUT2D eigenvalue weighted by molar-refractivity contribution is 0.887. The van der Waals surface area contributed by atoms with Crippen molar-refractivity contribution >= 4 is 39.0 Å². The van der Waals surface area contributed by atoms with Crippen molar-refractivity contribution in [3.8, 4) is 0 Å². The molecule has 0 fully saturated rings. The molecule has 1 atom stereocenters. The van der Waals surface area contributed by atoms with Gasteiger partial charge in [-0.25, -0.2) is 0 Å². The minimum absolute atomic E-state index is 0.0426. The van der Waals surface area contributed by atoms with E-state index in [1.54, 1.807) is 23.1 Å². The Labute approximate surface area is 119 Å². The number of aryl methyl sites for hydroxylation is 1. The number of hydrogen-bond acceptors (Lipinski definition) is 3. The van der Waals surface area contributed by atoms with Crippen LogP contribution in [-0.2, 0) is 0 Å². The lowest BCUT2D eigenvalue weighted by atomic mass is 10.1. The molecule has 90 valence electrons. The molecule has 0 saturated carbocycles. The molecule has 0 spiro atoms. The third-order valence-electron chi connectivity index (χ3n) is 2.59. The van der Waals surface area contributed by atoms with Crippen molar-refractivity contribution < 1.29 is 0 Å². The van der Waals surface area contributed by atoms with Crippen molar-refractivity contribution in [1.82, 2.24) is 0 Å². The topological polar surface area (TPSA) is 26.0 Å². The van der Waals surface area contributed by atoms with Crippen LogP contribution in [0.3, 0.4) is 0 Å². The van der Waals surface area contributed by atoms with Gasteiger partial charge in [-0.3, -0.25) is 0 Å². The first-order chi connectivity index (χ1) is 8.11. The molecular weight excluding hydrogens is 314 g/mol. The summed E-state index contributed by atoms with van der Waals surface area (Å²) in [5.74, 6) is 0. The first kappa shape index (κ1) is 13.1. The van der Waals surface area contributed by atoms with Crippen LogP contribution in [0, 0.1) is 6.92 Å². The van der Waals surface area contributed by atoms with Crippen LogP contribution in [0.4, 0.5) is 0 Å². The zero-order valence-corrected chi connectivity index (χ0v) is 13.0. The molecule has 1 aromatic carbocycles. The van der Waals surface area contributed by atoms with Crippen LogP contribution in [0.15, 0.2) is 39.7 Å². The van der Waals surface area contributed by atoms with E-state index < -0.39 is 0 Å². The summed E-state index contributed by atoms with van der Waals surface area (Å²) in [6.45, 7) is 2.10. The summed E-state index contributed by atoms with van der Waals surface area (Å²) in [5.41, 5.74) is 7.45. The highest BCUT2D eigenvalue weighted by Gasteiger charge is 2.14. The fourth-order valence-electron chi connectivity index (χ4n) is 1.68. The van der Waals surface area contributed by atoms with Gasteiger partial charge in [0.1, 0.15) is 0 Å². The Morgan fingerprint density at radius 1 is 1.29 bits per heavy atom. The number of hydrogen-bond donors (Lipinski definition) is 1. The maximum atomic E-state index is 6.30. The van der Waals surface area contributed by atoms with E-state index >= 15 is 0 Å². The van der Waals surface area contributed by atoms with Gasteiger partial charge < -0.3 is 5.73 Å². The number of halogens is 1. The molecule has 1 heterocycles. The first-order valence-corrected chi connectivity index (χ1v) is 8.10. The Morgan fingerprint density at radius 2 is 1.94 bits per heavy atom. The summed E-state index contributed by atoms with van der Waals surface area (Å²) in [5, 5.41) is 0. The second kappa shape index (κ2) is 5.57. The number of rotatable bonds is 3. The molecule has 17 heavy (non-hydrogen) atoms. The molecular formula is C13H14BrNS2. The van der Waals surface area contributed by atoms with E-state index in [0.717, 1.165) is 10.0 Å². The minimum atomic E-state index is -0.0426. The van der Waals surface area contributed by atoms with E-state index in [4.69, 9.17) is 5.73 Å². The second-order valence-electron chi connectivity index (χ2n) is 3.82. The SMILES string of the molecule is CSc1ccc(C(N)c2sc(C)cc2Br)cc1. The number of benzene rings is 1. The highest BCUT2D eigenvalue weighted by Crippen LogP contribution is 2.34. The maximum Gasteiger partial charge on any atom is 0.0657 e. The van der Waals surface area contributed by atoms with Gasteiger partial charge in [-0.2, -0.15) is 0 Å². The summed E-state index contributed by atoms with van der Waals surface area (Å²) < 4.78 is 1.11. The fraction of sp³-hybridized carbons (Fsp3) is 0.231. The fourth-order valence-corrected chi connectivity index (χ4v) is 4.01. The molecule has 1 aromatic heterocycles. The maximum absolute atomic E-state index is 6.30. The predicted octanol–water partition coefficient (Wildman–Crippen LogP) is 4.59. The normalized spacial score (nSPS) is 12.7. The van der Waals surface area contributed by atoms with Gasteiger partial charge in [-0.05, 0) is 52.9 Å². The molecule has 0 aliphatic carbocycles. The molecule has 2 N–H and O–H groups in total. The number of thioether (sulfide) groups is 1. The monoisotopic (exact) mass is 327 g/mol. The average molecular weight is 328 g/mol. The Kier molecular flexibility index (Phi) is 4.31. The Morgan fingerprint density at radius 3 is 2.41 bits per heavy atom. The highest BCUT2D eigenvalue weighted by atomic mass is 79.9. The summed E-state index contributed by atoms with van der Waals surface area (Å²) in [4.78, 5) is 3.74. The lowest BCUT2D eigenvalue weighted by Crippen LogP contribution is -2.10. The molecule has 2 rings (SSSR count). The summed E-state index contributed by atoms with van der Waals surface area (Å²) in [6.07, 6.45) is 2.08. The molecule has 1 nitrogen and oxygen atoms in total. The Hall–Kier alpha value is -0.290. The molecule has 1 unspecified atom stereocenters. The smallest absolute Gasteiger partial charge is 0.0657 e. The van der Waals surface area contributed by atoms with Crippen LogP contribution in [0.25, 0.3) is 0 Å². The lowest BCUT2D eigenvalue weighted by Gasteiger charge is -2.11. The standard InChI is InChI=1S/C13H14BrNS2/c1-8-7-11(14)13(17-8)12(15)9-3-5-10(16-2)6-4-9/h3-7,12H,15H2,1-2H3. The summed E-state index contributed by atoms with van der Waals surface area (Å²) >= 11 is 7.06. The van der Waals surface area contributed by atoms with Gasteiger partial charge in [0.15, 0.2) is 0 Å².